The van der Waals surface area contributed by atoms with Crippen molar-refractivity contribution in [2.45, 2.75) is 43.3 Å². The summed E-state index contributed by atoms with van der Waals surface area (Å²) in [6, 6.07) is 13.8. The highest BCUT2D eigenvalue weighted by atomic mass is 32.2. The average Bonchev–Trinajstić information content (AvgIpc) is 2.67. The monoisotopic (exact) mass is 371 g/mol. The van der Waals surface area contributed by atoms with Crippen molar-refractivity contribution < 1.29 is 14.3 Å². The van der Waals surface area contributed by atoms with Crippen LogP contribution < -0.4 is 14.8 Å². The number of carbonyl (C=O) groups is 1. The molecule has 0 radical (unpaired) electrons. The van der Waals surface area contributed by atoms with Crippen LogP contribution in [0.2, 0.25) is 0 Å². The zero-order chi connectivity index (χ0) is 18.5. The molecule has 1 aliphatic rings. The van der Waals surface area contributed by atoms with Crippen molar-refractivity contribution in [2.24, 2.45) is 0 Å². The van der Waals surface area contributed by atoms with E-state index >= 15 is 0 Å². The molecule has 0 spiro atoms. The summed E-state index contributed by atoms with van der Waals surface area (Å²) < 4.78 is 11.2. The summed E-state index contributed by atoms with van der Waals surface area (Å²) in [5.74, 6) is 1.92. The Balaban J connectivity index is 1.67. The molecule has 0 aliphatic carbocycles. The second kappa shape index (κ2) is 8.49. The Bertz CT molecular complexity index is 778. The first-order chi connectivity index (χ1) is 12.6. The molecule has 0 saturated heterocycles. The number of rotatable bonds is 6. The van der Waals surface area contributed by atoms with Gasteiger partial charge in [0, 0.05) is 10.6 Å². The first-order valence-electron chi connectivity index (χ1n) is 9.04. The van der Waals surface area contributed by atoms with Gasteiger partial charge in [-0.25, -0.2) is 0 Å². The number of hydrogen-bond donors (Lipinski definition) is 1. The van der Waals surface area contributed by atoms with Gasteiger partial charge in [-0.2, -0.15) is 0 Å². The minimum absolute atomic E-state index is 0.000595. The number of fused-ring (bicyclic) bond motifs is 1. The fourth-order valence-corrected chi connectivity index (χ4v) is 3.75. The molecule has 2 atom stereocenters. The van der Waals surface area contributed by atoms with Gasteiger partial charge in [-0.05, 0) is 49.1 Å². The van der Waals surface area contributed by atoms with Crippen molar-refractivity contribution in [3.63, 3.8) is 0 Å². The molecule has 0 bridgehead atoms. The van der Waals surface area contributed by atoms with E-state index < -0.39 is 0 Å². The van der Waals surface area contributed by atoms with Gasteiger partial charge in [-0.15, -0.1) is 11.8 Å². The summed E-state index contributed by atoms with van der Waals surface area (Å²) in [4.78, 5) is 13.7. The lowest BCUT2D eigenvalue weighted by atomic mass is 9.97. The molecule has 1 amide bonds. The van der Waals surface area contributed by atoms with Crippen LogP contribution in [0.15, 0.2) is 47.4 Å². The van der Waals surface area contributed by atoms with Crippen LogP contribution in [0, 0.1) is 0 Å². The fourth-order valence-electron chi connectivity index (χ4n) is 2.85. The normalized spacial score (nSPS) is 15.2. The highest BCUT2D eigenvalue weighted by molar-refractivity contribution is 8.00. The first kappa shape index (κ1) is 18.6. The molecule has 2 aromatic carbocycles. The zero-order valence-electron chi connectivity index (χ0n) is 15.5. The second-order valence-corrected chi connectivity index (χ2v) is 7.87. The Hall–Kier alpha value is -2.14. The predicted octanol–water partition coefficient (Wildman–Crippen LogP) is 5.09. The SMILES string of the molecule is CC[C@@H](C)c1ccccc1NC(=O)[C@@H](C)Sc1ccc2c(c1)OCCO2. The van der Waals surface area contributed by atoms with Gasteiger partial charge in [-0.3, -0.25) is 4.79 Å². The molecule has 0 unspecified atom stereocenters. The molecule has 1 heterocycles. The molecule has 4 nitrogen and oxygen atoms in total. The lowest BCUT2D eigenvalue weighted by Crippen LogP contribution is -2.23. The second-order valence-electron chi connectivity index (χ2n) is 6.45. The van der Waals surface area contributed by atoms with E-state index in [9.17, 15) is 4.79 Å². The third kappa shape index (κ3) is 4.33. The molecular formula is C21H25NO3S. The summed E-state index contributed by atoms with van der Waals surface area (Å²) in [7, 11) is 0. The number of thioether (sulfide) groups is 1. The Labute approximate surface area is 159 Å². The van der Waals surface area contributed by atoms with Crippen LogP contribution in [0.3, 0.4) is 0 Å². The van der Waals surface area contributed by atoms with Crippen molar-refractivity contribution in [1.29, 1.82) is 0 Å². The molecule has 1 aliphatic heterocycles. The third-order valence-corrected chi connectivity index (χ3v) is 5.65. The summed E-state index contributed by atoms with van der Waals surface area (Å²) in [5.41, 5.74) is 2.08. The van der Waals surface area contributed by atoms with Crippen molar-refractivity contribution in [3.05, 3.63) is 48.0 Å². The van der Waals surface area contributed by atoms with Gasteiger partial charge in [0.2, 0.25) is 5.91 Å². The van der Waals surface area contributed by atoms with E-state index in [4.69, 9.17) is 9.47 Å². The number of hydrogen-bond acceptors (Lipinski definition) is 4. The van der Waals surface area contributed by atoms with Gasteiger partial charge in [0.05, 0.1) is 5.25 Å². The summed E-state index contributed by atoms with van der Waals surface area (Å²) in [5, 5.41) is 2.87. The highest BCUT2D eigenvalue weighted by Gasteiger charge is 2.19. The topological polar surface area (TPSA) is 47.6 Å². The number of ether oxygens (including phenoxy) is 2. The largest absolute Gasteiger partial charge is 0.486 e. The number of nitrogens with one attached hydrogen (secondary N) is 1. The number of anilines is 1. The minimum atomic E-state index is -0.220. The van der Waals surface area contributed by atoms with Crippen molar-refractivity contribution in [2.75, 3.05) is 18.5 Å². The molecule has 5 heteroatoms. The Morgan fingerprint density at radius 2 is 1.85 bits per heavy atom. The quantitative estimate of drug-likeness (QED) is 0.719. The Morgan fingerprint density at radius 1 is 1.12 bits per heavy atom. The molecule has 1 N–H and O–H groups in total. The number of para-hydroxylation sites is 1. The fraction of sp³-hybridized carbons (Fsp3) is 0.381. The number of carbonyl (C=O) groups excluding carboxylic acids is 1. The Morgan fingerprint density at radius 3 is 2.62 bits per heavy atom. The van der Waals surface area contributed by atoms with Crippen LogP contribution in [0.25, 0.3) is 0 Å². The molecule has 3 rings (SSSR count). The van der Waals surface area contributed by atoms with E-state index in [0.717, 1.165) is 28.5 Å². The van der Waals surface area contributed by atoms with Gasteiger partial charge in [0.25, 0.3) is 0 Å². The van der Waals surface area contributed by atoms with Crippen LogP contribution in [0.4, 0.5) is 5.69 Å². The van der Waals surface area contributed by atoms with Gasteiger partial charge < -0.3 is 14.8 Å². The molecule has 0 saturated carbocycles. The Kier molecular flexibility index (Phi) is 6.09. The number of benzene rings is 2. The van der Waals surface area contributed by atoms with Crippen molar-refractivity contribution in [3.8, 4) is 11.5 Å². The van der Waals surface area contributed by atoms with E-state index in [1.54, 1.807) is 0 Å². The summed E-state index contributed by atoms with van der Waals surface area (Å²) in [6.45, 7) is 7.39. The lowest BCUT2D eigenvalue weighted by molar-refractivity contribution is -0.115. The van der Waals surface area contributed by atoms with Crippen molar-refractivity contribution in [1.82, 2.24) is 0 Å². The predicted molar refractivity (Wildman–Crippen MR) is 107 cm³/mol. The highest BCUT2D eigenvalue weighted by Crippen LogP contribution is 2.36. The van der Waals surface area contributed by atoms with E-state index in [1.807, 2.05) is 43.3 Å². The summed E-state index contributed by atoms with van der Waals surface area (Å²) in [6.07, 6.45) is 1.04. The van der Waals surface area contributed by atoms with Crippen LogP contribution >= 0.6 is 11.8 Å². The van der Waals surface area contributed by atoms with Gasteiger partial charge in [0.15, 0.2) is 11.5 Å². The molecule has 26 heavy (non-hydrogen) atoms. The van der Waals surface area contributed by atoms with E-state index in [0.29, 0.717) is 19.1 Å². The zero-order valence-corrected chi connectivity index (χ0v) is 16.3. The molecular weight excluding hydrogens is 346 g/mol. The van der Waals surface area contributed by atoms with Crippen LogP contribution in [0.5, 0.6) is 11.5 Å². The van der Waals surface area contributed by atoms with Crippen LogP contribution in [-0.2, 0) is 4.79 Å². The standard InChI is InChI=1S/C21H25NO3S/c1-4-14(2)17-7-5-6-8-18(17)22-21(23)15(3)26-16-9-10-19-20(13-16)25-12-11-24-19/h5-10,13-15H,4,11-12H2,1-3H3,(H,22,23)/t14-,15-/m1/s1. The first-order valence-corrected chi connectivity index (χ1v) is 9.92. The van der Waals surface area contributed by atoms with E-state index in [1.165, 1.54) is 17.3 Å². The molecule has 0 aromatic heterocycles. The minimum Gasteiger partial charge on any atom is -0.486 e. The van der Waals surface area contributed by atoms with Gasteiger partial charge >= 0.3 is 0 Å². The maximum Gasteiger partial charge on any atom is 0.237 e. The van der Waals surface area contributed by atoms with Gasteiger partial charge in [-0.1, -0.05) is 32.0 Å². The number of amides is 1. The maximum atomic E-state index is 12.7. The van der Waals surface area contributed by atoms with Crippen molar-refractivity contribution >= 4 is 23.4 Å². The maximum absolute atomic E-state index is 12.7. The molecule has 2 aromatic rings. The third-order valence-electron chi connectivity index (χ3n) is 4.56. The molecule has 138 valence electrons. The van der Waals surface area contributed by atoms with E-state index in [2.05, 4.69) is 25.2 Å². The van der Waals surface area contributed by atoms with Crippen LogP contribution in [-0.4, -0.2) is 24.4 Å². The summed E-state index contributed by atoms with van der Waals surface area (Å²) >= 11 is 1.52. The lowest BCUT2D eigenvalue weighted by Gasteiger charge is -2.20. The molecule has 0 fully saturated rings. The van der Waals surface area contributed by atoms with E-state index in [-0.39, 0.29) is 11.2 Å². The van der Waals surface area contributed by atoms with Crippen LogP contribution in [0.1, 0.15) is 38.7 Å². The average molecular weight is 372 g/mol. The smallest absolute Gasteiger partial charge is 0.237 e. The van der Waals surface area contributed by atoms with Gasteiger partial charge in [0.1, 0.15) is 13.2 Å².